The number of unbranched alkanes of at least 4 members (excludes halogenated alkanes) is 4. The number of hydrogen-bond acceptors (Lipinski definition) is 4. The fourth-order valence-corrected chi connectivity index (χ4v) is 4.98. The number of nitrogens with one attached hydrogen (secondary N) is 2. The van der Waals surface area contributed by atoms with Crippen molar-refractivity contribution in [1.82, 2.24) is 0 Å². The summed E-state index contributed by atoms with van der Waals surface area (Å²) >= 11 is 0. The molecular formula is C34H40Br2N2O2. The largest absolute Gasteiger partial charge is 0.453 e. The van der Waals surface area contributed by atoms with Crippen LogP contribution in [0, 0.1) is 0 Å². The summed E-state index contributed by atoms with van der Waals surface area (Å²) < 4.78 is 11.9. The van der Waals surface area contributed by atoms with E-state index in [-0.39, 0.29) is 34.0 Å². The van der Waals surface area contributed by atoms with Gasteiger partial charge in [0.05, 0.1) is 22.7 Å². The quantitative estimate of drug-likeness (QED) is 0.158. The van der Waals surface area contributed by atoms with E-state index in [0.717, 1.165) is 58.6 Å². The number of hydrogen-bond donors (Lipinski definition) is 2. The van der Waals surface area contributed by atoms with Gasteiger partial charge < -0.3 is 20.1 Å². The van der Waals surface area contributed by atoms with E-state index < -0.39 is 0 Å². The maximum Gasteiger partial charge on any atom is 0.151 e. The van der Waals surface area contributed by atoms with Crippen LogP contribution in [-0.2, 0) is 12.8 Å². The summed E-state index contributed by atoms with van der Waals surface area (Å²) in [4.78, 5) is 0. The van der Waals surface area contributed by atoms with Crippen LogP contribution in [-0.4, -0.2) is 0 Å². The summed E-state index contributed by atoms with van der Waals surface area (Å²) in [5.74, 6) is 3.68. The lowest BCUT2D eigenvalue weighted by atomic mass is 10.0. The lowest BCUT2D eigenvalue weighted by Gasteiger charge is -2.23. The van der Waals surface area contributed by atoms with Crippen LogP contribution in [0.25, 0.3) is 0 Å². The molecule has 0 aliphatic carbocycles. The lowest BCUT2D eigenvalue weighted by Crippen LogP contribution is -2.05. The second-order valence-electron chi connectivity index (χ2n) is 9.94. The second-order valence-corrected chi connectivity index (χ2v) is 9.94. The lowest BCUT2D eigenvalue weighted by molar-refractivity contribution is 0.480. The molecule has 0 saturated heterocycles. The van der Waals surface area contributed by atoms with E-state index in [1.807, 2.05) is 48.5 Å². The van der Waals surface area contributed by atoms with Crippen molar-refractivity contribution in [3.05, 3.63) is 96.1 Å². The molecular weight excluding hydrogens is 628 g/mol. The van der Waals surface area contributed by atoms with Gasteiger partial charge in [-0.05, 0) is 73.2 Å². The Kier molecular flexibility index (Phi) is 12.4. The first-order chi connectivity index (χ1) is 18.8. The maximum absolute atomic E-state index is 5.96. The van der Waals surface area contributed by atoms with Gasteiger partial charge in [0.25, 0.3) is 0 Å². The van der Waals surface area contributed by atoms with Gasteiger partial charge >= 0.3 is 0 Å². The highest BCUT2D eigenvalue weighted by Crippen LogP contribution is 2.44. The summed E-state index contributed by atoms with van der Waals surface area (Å²) in [5, 5.41) is 7.02. The zero-order valence-corrected chi connectivity index (χ0v) is 26.8. The zero-order valence-electron chi connectivity index (χ0n) is 23.4. The number of aryl methyl sites for hydroxylation is 2. The van der Waals surface area contributed by atoms with Crippen molar-refractivity contribution < 1.29 is 9.47 Å². The van der Waals surface area contributed by atoms with Gasteiger partial charge in [0.1, 0.15) is 0 Å². The fourth-order valence-electron chi connectivity index (χ4n) is 4.98. The second kappa shape index (κ2) is 15.7. The zero-order chi connectivity index (χ0) is 26.2. The van der Waals surface area contributed by atoms with Gasteiger partial charge in [-0.15, -0.1) is 34.0 Å². The van der Waals surface area contributed by atoms with Crippen molar-refractivity contribution in [2.45, 2.75) is 65.2 Å². The molecule has 6 heteroatoms. The normalized spacial score (nSPS) is 11.4. The molecule has 4 aromatic carbocycles. The average molecular weight is 669 g/mol. The minimum Gasteiger partial charge on any atom is -0.453 e. The van der Waals surface area contributed by atoms with Gasteiger partial charge in [0.15, 0.2) is 23.0 Å². The first-order valence-corrected chi connectivity index (χ1v) is 14.1. The van der Waals surface area contributed by atoms with Crippen LogP contribution in [0.2, 0.25) is 0 Å². The number of para-hydroxylation sites is 6. The van der Waals surface area contributed by atoms with Crippen molar-refractivity contribution >= 4 is 56.7 Å². The summed E-state index contributed by atoms with van der Waals surface area (Å²) in [5.41, 5.74) is 7.08. The van der Waals surface area contributed by atoms with Crippen molar-refractivity contribution in [2.75, 3.05) is 10.6 Å². The molecule has 0 bridgehead atoms. The van der Waals surface area contributed by atoms with E-state index >= 15 is 0 Å². The Morgan fingerprint density at radius 2 is 0.875 bits per heavy atom. The van der Waals surface area contributed by atoms with Gasteiger partial charge in [0.2, 0.25) is 0 Å². The van der Waals surface area contributed by atoms with Crippen LogP contribution in [0.3, 0.4) is 0 Å². The van der Waals surface area contributed by atoms with Gasteiger partial charge in [-0.3, -0.25) is 0 Å². The molecule has 4 aromatic rings. The predicted octanol–water partition coefficient (Wildman–Crippen LogP) is 11.7. The third-order valence-electron chi connectivity index (χ3n) is 7.06. The Morgan fingerprint density at radius 1 is 0.475 bits per heavy atom. The molecule has 0 aromatic heterocycles. The highest BCUT2D eigenvalue weighted by molar-refractivity contribution is 8.93. The van der Waals surface area contributed by atoms with Gasteiger partial charge in [-0.25, -0.2) is 0 Å². The molecule has 0 fully saturated rings. The summed E-state index contributed by atoms with van der Waals surface area (Å²) in [7, 11) is 0. The molecule has 0 unspecified atom stereocenters. The smallest absolute Gasteiger partial charge is 0.151 e. The highest BCUT2D eigenvalue weighted by atomic mass is 79.9. The molecule has 2 N–H and O–H groups in total. The molecule has 0 radical (unpaired) electrons. The van der Waals surface area contributed by atoms with E-state index in [2.05, 4.69) is 60.9 Å². The number of halogens is 2. The van der Waals surface area contributed by atoms with Gasteiger partial charge in [-0.1, -0.05) is 88.1 Å². The molecule has 0 atom stereocenters. The molecule has 0 amide bonds. The van der Waals surface area contributed by atoms with Crippen LogP contribution < -0.4 is 20.1 Å². The number of rotatable bonds is 8. The molecule has 2 aliphatic rings. The van der Waals surface area contributed by atoms with Crippen molar-refractivity contribution in [3.8, 4) is 23.0 Å². The van der Waals surface area contributed by atoms with Crippen LogP contribution in [0.15, 0.2) is 84.9 Å². The van der Waals surface area contributed by atoms with Gasteiger partial charge in [0, 0.05) is 0 Å². The molecule has 2 aliphatic heterocycles. The third-order valence-corrected chi connectivity index (χ3v) is 7.06. The Hall–Kier alpha value is -2.96. The van der Waals surface area contributed by atoms with Crippen molar-refractivity contribution in [1.29, 1.82) is 0 Å². The third kappa shape index (κ3) is 7.61. The topological polar surface area (TPSA) is 42.5 Å². The van der Waals surface area contributed by atoms with Crippen LogP contribution in [0.1, 0.15) is 63.5 Å². The van der Waals surface area contributed by atoms with E-state index in [9.17, 15) is 0 Å². The van der Waals surface area contributed by atoms with Crippen LogP contribution in [0.5, 0.6) is 23.0 Å². The number of anilines is 4. The van der Waals surface area contributed by atoms with Crippen molar-refractivity contribution in [2.24, 2.45) is 0 Å². The Balaban J connectivity index is 0.000000210. The molecule has 6 rings (SSSR count). The monoisotopic (exact) mass is 666 g/mol. The van der Waals surface area contributed by atoms with E-state index in [1.165, 1.54) is 49.7 Å². The minimum absolute atomic E-state index is 0. The van der Waals surface area contributed by atoms with E-state index in [0.29, 0.717) is 0 Å². The first-order valence-electron chi connectivity index (χ1n) is 14.1. The standard InChI is InChI=1S/2C17H19NO.2BrH/c2*1-2-3-4-8-13-9-7-12-16-17(13)18-14-10-5-6-11-15(14)19-16;;/h2*5-7,9-12,18H,2-4,8H2,1H3;2*1H. The Labute approximate surface area is 260 Å². The summed E-state index contributed by atoms with van der Waals surface area (Å²) in [6.45, 7) is 4.47. The highest BCUT2D eigenvalue weighted by Gasteiger charge is 2.19. The molecule has 0 saturated carbocycles. The molecule has 212 valence electrons. The predicted molar refractivity (Wildman–Crippen MR) is 180 cm³/mol. The van der Waals surface area contributed by atoms with Gasteiger partial charge in [-0.2, -0.15) is 0 Å². The molecule has 2 heterocycles. The molecule has 4 nitrogen and oxygen atoms in total. The molecule has 0 spiro atoms. The number of ether oxygens (including phenoxy) is 2. The van der Waals surface area contributed by atoms with Crippen LogP contribution >= 0.6 is 34.0 Å². The fraction of sp³-hybridized carbons (Fsp3) is 0.294. The SMILES string of the molecule is Br.Br.CCCCCc1cccc2c1Nc1ccccc1O2.CCCCCc1cccc2c1Nc1ccccc1O2. The average Bonchev–Trinajstić information content (AvgIpc) is 2.96. The Bertz CT molecular complexity index is 1270. The number of fused-ring (bicyclic) bond motifs is 4. The van der Waals surface area contributed by atoms with E-state index in [4.69, 9.17) is 9.47 Å². The minimum atomic E-state index is 0. The van der Waals surface area contributed by atoms with Crippen LogP contribution in [0.4, 0.5) is 22.7 Å². The molecule has 40 heavy (non-hydrogen) atoms. The summed E-state index contributed by atoms with van der Waals surface area (Å²) in [6.07, 6.45) is 9.74. The number of benzene rings is 4. The Morgan fingerprint density at radius 3 is 1.30 bits per heavy atom. The maximum atomic E-state index is 5.96. The van der Waals surface area contributed by atoms with Crippen molar-refractivity contribution in [3.63, 3.8) is 0 Å². The summed E-state index contributed by atoms with van der Waals surface area (Å²) in [6, 6.07) is 28.8. The van der Waals surface area contributed by atoms with E-state index in [1.54, 1.807) is 0 Å². The first kappa shape index (κ1) is 31.6.